The van der Waals surface area contributed by atoms with Crippen LogP contribution in [0.5, 0.6) is 0 Å². The Labute approximate surface area is 572 Å². The summed E-state index contributed by atoms with van der Waals surface area (Å²) >= 11 is 0. The highest BCUT2D eigenvalue weighted by Crippen LogP contribution is 2.44. The smallest absolute Gasteiger partial charge is 0.407 e. The number of carboxylic acid groups (broad SMARTS) is 1. The molecule has 1 saturated heterocycles. The lowest BCUT2D eigenvalue weighted by molar-refractivity contribution is -0.144. The third-order valence-corrected chi connectivity index (χ3v) is 16.9. The summed E-state index contributed by atoms with van der Waals surface area (Å²) in [5.41, 5.74) is 4.39. The van der Waals surface area contributed by atoms with Crippen molar-refractivity contribution in [3.8, 4) is 11.1 Å². The van der Waals surface area contributed by atoms with Crippen LogP contribution < -0.4 is 47.9 Å². The fourth-order valence-corrected chi connectivity index (χ4v) is 12.2. The zero-order chi connectivity index (χ0) is 71.1. The van der Waals surface area contributed by atoms with Crippen molar-refractivity contribution in [2.45, 2.75) is 166 Å². The second-order valence-electron chi connectivity index (χ2n) is 26.6. The molecule has 1 aliphatic carbocycles. The molecule has 1 aliphatic heterocycles. The van der Waals surface area contributed by atoms with Gasteiger partial charge in [0.05, 0.1) is 13.1 Å². The highest BCUT2D eigenvalue weighted by atomic mass is 16.6. The number of rotatable bonds is 33. The van der Waals surface area contributed by atoms with Crippen molar-refractivity contribution in [1.29, 1.82) is 0 Å². The Morgan fingerprint density at radius 1 is 0.531 bits per heavy atom. The van der Waals surface area contributed by atoms with Crippen molar-refractivity contribution in [2.75, 3.05) is 32.8 Å². The standard InChI is InChI=1S/C74H94N10O14/c1-46(2)41-59(66(89)76-43-63(86)79-60(42-47(3)4)68(91)78-48(5)65(88)77-44-64(87)84-40-24-36-61(84)69(92)80-58(70(93)94)35-22-23-39-75-71(95)98-73(6,7)8)81-67(90)57(82-72(96)97-45-56-54-33-20-18-31-52(54)53-32-19-21-34-55(53)56)37-38-62(85)83-74(49-25-12-9-13-26-49,50-27-14-10-15-28-50)51-29-16-11-17-30-51/h9-21,25-34,46-48,56-61H,22-24,35-45H2,1-8H3,(H,75,95)(H,76,89)(H,77,88)(H,78,91)(H,79,86)(H,80,92)(H,81,90)(H,82,96)(H,83,85)(H,93,94)/t48-,57-,58-,59-,60-,61-/m0/s1. The molecule has 0 bridgehead atoms. The Morgan fingerprint density at radius 2 is 1.05 bits per heavy atom. The molecule has 10 N–H and O–H groups in total. The first-order valence-electron chi connectivity index (χ1n) is 33.6. The number of benzene rings is 5. The van der Waals surface area contributed by atoms with E-state index in [1.165, 1.54) is 11.8 Å². The lowest BCUT2D eigenvalue weighted by Crippen LogP contribution is -2.57. The average molecular weight is 1350 g/mol. The van der Waals surface area contributed by atoms with Crippen molar-refractivity contribution in [1.82, 2.24) is 52.8 Å². The molecule has 1 fully saturated rings. The van der Waals surface area contributed by atoms with Crippen LogP contribution in [-0.2, 0) is 58.2 Å². The molecule has 0 spiro atoms. The van der Waals surface area contributed by atoms with Crippen LogP contribution in [-0.4, -0.2) is 150 Å². The molecule has 24 heteroatoms. The molecule has 6 atom stereocenters. The van der Waals surface area contributed by atoms with Crippen molar-refractivity contribution in [3.63, 3.8) is 0 Å². The zero-order valence-electron chi connectivity index (χ0n) is 57.1. The molecular formula is C74H94N10O14. The molecule has 0 saturated carbocycles. The number of carbonyl (C=O) groups is 11. The molecule has 1 heterocycles. The zero-order valence-corrected chi connectivity index (χ0v) is 57.1. The highest BCUT2D eigenvalue weighted by molar-refractivity contribution is 5.97. The van der Waals surface area contributed by atoms with E-state index in [2.05, 4.69) is 47.9 Å². The van der Waals surface area contributed by atoms with Gasteiger partial charge < -0.3 is 67.3 Å². The van der Waals surface area contributed by atoms with Crippen LogP contribution in [0.2, 0.25) is 0 Å². The SMILES string of the molecule is CC(C)C[C@H](NC(=O)CNC(=O)[C@H](CC(C)C)NC(=O)[C@H](CCC(=O)NC(c1ccccc1)(c1ccccc1)c1ccccc1)NC(=O)OCC1c2ccccc2-c2ccccc21)C(=O)N[C@@H](C)C(=O)NCC(=O)N1CCC[C@H]1C(=O)N[C@@H](CCCCNC(=O)OC(C)(C)C)C(=O)O. The lowest BCUT2D eigenvalue weighted by atomic mass is 9.77. The fraction of sp³-hybridized carbons (Fsp3) is 0.446. The molecule has 2 aliphatic rings. The minimum atomic E-state index is -1.43. The summed E-state index contributed by atoms with van der Waals surface area (Å²) < 4.78 is 11.1. The second kappa shape index (κ2) is 35.7. The van der Waals surface area contributed by atoms with Gasteiger partial charge in [0.15, 0.2) is 0 Å². The third-order valence-electron chi connectivity index (χ3n) is 16.9. The number of likely N-dealkylation sites (tertiary alicyclic amines) is 1. The van der Waals surface area contributed by atoms with Gasteiger partial charge in [0.2, 0.25) is 47.3 Å². The predicted octanol–water partition coefficient (Wildman–Crippen LogP) is 6.84. The quantitative estimate of drug-likeness (QED) is 0.0152. The Balaban J connectivity index is 0.961. The summed E-state index contributed by atoms with van der Waals surface area (Å²) in [5, 5.41) is 34.0. The van der Waals surface area contributed by atoms with Gasteiger partial charge in [-0.2, -0.15) is 0 Å². The maximum atomic E-state index is 14.7. The van der Waals surface area contributed by atoms with Crippen molar-refractivity contribution >= 4 is 65.4 Å². The van der Waals surface area contributed by atoms with Gasteiger partial charge in [0.25, 0.3) is 0 Å². The number of nitrogens with zero attached hydrogens (tertiary/aromatic N) is 1. The summed E-state index contributed by atoms with van der Waals surface area (Å²) in [6.07, 6.45) is -0.365. The minimum absolute atomic E-state index is 0.0578. The van der Waals surface area contributed by atoms with Gasteiger partial charge in [-0.3, -0.25) is 38.4 Å². The average Bonchev–Trinajstić information content (AvgIpc) is 1.44. The summed E-state index contributed by atoms with van der Waals surface area (Å²) in [7, 11) is 0. The van der Waals surface area contributed by atoms with Crippen LogP contribution in [0.1, 0.15) is 147 Å². The predicted molar refractivity (Wildman–Crippen MR) is 367 cm³/mol. The van der Waals surface area contributed by atoms with Gasteiger partial charge in [0, 0.05) is 25.4 Å². The fourth-order valence-electron chi connectivity index (χ4n) is 12.2. The summed E-state index contributed by atoms with van der Waals surface area (Å²) in [6.45, 7) is 13.0. The van der Waals surface area contributed by atoms with E-state index in [0.717, 1.165) is 38.9 Å². The maximum absolute atomic E-state index is 14.7. The van der Waals surface area contributed by atoms with Crippen LogP contribution in [0, 0.1) is 11.8 Å². The Bertz CT molecular complexity index is 3440. The molecule has 5 aromatic rings. The summed E-state index contributed by atoms with van der Waals surface area (Å²) in [6, 6.07) is 36.7. The van der Waals surface area contributed by atoms with Crippen LogP contribution >= 0.6 is 0 Å². The third kappa shape index (κ3) is 21.4. The molecule has 5 aromatic carbocycles. The first-order valence-corrected chi connectivity index (χ1v) is 33.6. The molecule has 0 unspecified atom stereocenters. The van der Waals surface area contributed by atoms with Gasteiger partial charge in [-0.15, -0.1) is 0 Å². The Morgan fingerprint density at radius 3 is 1.59 bits per heavy atom. The minimum Gasteiger partial charge on any atom is -0.480 e. The Hall–Kier alpha value is -10.1. The summed E-state index contributed by atoms with van der Waals surface area (Å²) in [5.74, 6) is -7.50. The van der Waals surface area contributed by atoms with E-state index in [4.69, 9.17) is 9.47 Å². The van der Waals surface area contributed by atoms with E-state index in [1.807, 2.05) is 167 Å². The van der Waals surface area contributed by atoms with Gasteiger partial charge >= 0.3 is 18.2 Å². The van der Waals surface area contributed by atoms with E-state index in [9.17, 15) is 57.8 Å². The Kier molecular flexibility index (Phi) is 27.4. The van der Waals surface area contributed by atoms with Crippen LogP contribution in [0.15, 0.2) is 140 Å². The number of amides is 10. The number of aliphatic carboxylic acids is 1. The van der Waals surface area contributed by atoms with Gasteiger partial charge in [0.1, 0.15) is 54.0 Å². The van der Waals surface area contributed by atoms with Crippen molar-refractivity contribution in [2.24, 2.45) is 11.8 Å². The number of carboxylic acids is 1. The van der Waals surface area contributed by atoms with Gasteiger partial charge in [-0.1, -0.05) is 167 Å². The number of fused-ring (bicyclic) bond motifs is 3. The van der Waals surface area contributed by atoms with Crippen LogP contribution in [0.3, 0.4) is 0 Å². The monoisotopic (exact) mass is 1350 g/mol. The molecule has 10 amide bonds. The summed E-state index contributed by atoms with van der Waals surface area (Å²) in [4.78, 5) is 151. The molecule has 98 heavy (non-hydrogen) atoms. The number of unbranched alkanes of at least 4 members (excludes halogenated alkanes) is 1. The largest absolute Gasteiger partial charge is 0.480 e. The number of carbonyl (C=O) groups excluding carboxylic acids is 10. The maximum Gasteiger partial charge on any atom is 0.407 e. The first kappa shape index (κ1) is 75.3. The molecule has 0 radical (unpaired) electrons. The number of ether oxygens (including phenoxy) is 2. The number of alkyl carbamates (subject to hydrolysis) is 2. The van der Waals surface area contributed by atoms with Crippen LogP contribution in [0.4, 0.5) is 9.59 Å². The van der Waals surface area contributed by atoms with Crippen LogP contribution in [0.25, 0.3) is 11.1 Å². The van der Waals surface area contributed by atoms with Gasteiger partial charge in [-0.25, -0.2) is 14.4 Å². The topological polar surface area (TPSA) is 338 Å². The van der Waals surface area contributed by atoms with Crippen molar-refractivity contribution in [3.05, 3.63) is 167 Å². The lowest BCUT2D eigenvalue weighted by Gasteiger charge is -2.37. The first-order chi connectivity index (χ1) is 46.7. The van der Waals surface area contributed by atoms with E-state index < -0.39 is 126 Å². The number of hydrogen-bond donors (Lipinski definition) is 10. The highest BCUT2D eigenvalue weighted by Gasteiger charge is 2.40. The van der Waals surface area contributed by atoms with E-state index in [0.29, 0.717) is 19.3 Å². The molecule has 24 nitrogen and oxygen atoms in total. The van der Waals surface area contributed by atoms with Gasteiger partial charge in [-0.05, 0) is 130 Å². The second-order valence-corrected chi connectivity index (χ2v) is 26.6. The molecule has 0 aromatic heterocycles. The van der Waals surface area contributed by atoms with E-state index in [1.54, 1.807) is 20.8 Å². The molecule has 524 valence electrons. The van der Waals surface area contributed by atoms with E-state index in [-0.39, 0.29) is 76.0 Å². The molecule has 7 rings (SSSR count). The normalized spacial score (nSPS) is 15.0. The molecular weight excluding hydrogens is 1250 g/mol. The number of hydrogen-bond acceptors (Lipinski definition) is 13. The number of nitrogens with one attached hydrogen (secondary N) is 9. The van der Waals surface area contributed by atoms with Crippen molar-refractivity contribution < 1.29 is 67.3 Å². The van der Waals surface area contributed by atoms with E-state index >= 15 is 0 Å².